The Kier molecular flexibility index (Phi) is 4.22. The molecule has 0 amide bonds. The van der Waals surface area contributed by atoms with Gasteiger partial charge in [0.15, 0.2) is 20.6 Å². The molecule has 1 aromatic carbocycles. The number of nitrogens with zero attached hydrogens (tertiary/aromatic N) is 3. The molecule has 1 heterocycles. The van der Waals surface area contributed by atoms with Crippen molar-refractivity contribution in [1.82, 2.24) is 9.78 Å². The summed E-state index contributed by atoms with van der Waals surface area (Å²) >= 11 is 0. The van der Waals surface area contributed by atoms with Gasteiger partial charge < -0.3 is 10.6 Å². The number of aromatic nitrogens is 2. The van der Waals surface area contributed by atoms with Crippen LogP contribution in [0.2, 0.25) is 0 Å². The normalized spacial score (nSPS) is 11.6. The van der Waals surface area contributed by atoms with E-state index in [2.05, 4.69) is 5.10 Å². The molecule has 114 valence electrons. The van der Waals surface area contributed by atoms with Crippen LogP contribution in [0.1, 0.15) is 13.3 Å². The van der Waals surface area contributed by atoms with E-state index in [4.69, 9.17) is 5.73 Å². The van der Waals surface area contributed by atoms with E-state index >= 15 is 0 Å². The topological polar surface area (TPSA) is 81.2 Å². The standard InChI is InChI=1S/C14H20N4O2S/c1-4-10-17(2)14-12(21(3,19)20)13(15)18(16-14)11-8-6-5-7-9-11/h5-9H,4,10,15H2,1-3H3. The Hall–Kier alpha value is -2.02. The summed E-state index contributed by atoms with van der Waals surface area (Å²) in [5.74, 6) is 0.530. The second kappa shape index (κ2) is 5.77. The molecule has 2 N–H and O–H groups in total. The summed E-state index contributed by atoms with van der Waals surface area (Å²) in [6, 6.07) is 9.25. The number of hydrogen-bond donors (Lipinski definition) is 1. The van der Waals surface area contributed by atoms with E-state index in [0.29, 0.717) is 12.4 Å². The molecule has 0 saturated carbocycles. The van der Waals surface area contributed by atoms with Crippen molar-refractivity contribution in [2.24, 2.45) is 0 Å². The van der Waals surface area contributed by atoms with E-state index in [1.165, 1.54) is 4.68 Å². The Morgan fingerprint density at radius 3 is 2.43 bits per heavy atom. The Labute approximate surface area is 125 Å². The fraction of sp³-hybridized carbons (Fsp3) is 0.357. The van der Waals surface area contributed by atoms with Crippen molar-refractivity contribution >= 4 is 21.5 Å². The smallest absolute Gasteiger partial charge is 0.182 e. The first-order chi connectivity index (χ1) is 9.86. The summed E-state index contributed by atoms with van der Waals surface area (Å²) in [5, 5.41) is 4.40. The lowest BCUT2D eigenvalue weighted by Gasteiger charge is -2.16. The highest BCUT2D eigenvalue weighted by atomic mass is 32.2. The predicted molar refractivity (Wildman–Crippen MR) is 84.6 cm³/mol. The molecule has 0 unspecified atom stereocenters. The van der Waals surface area contributed by atoms with Crippen LogP contribution in [-0.4, -0.2) is 38.0 Å². The summed E-state index contributed by atoms with van der Waals surface area (Å²) < 4.78 is 25.6. The van der Waals surface area contributed by atoms with Crippen molar-refractivity contribution in [3.63, 3.8) is 0 Å². The maximum Gasteiger partial charge on any atom is 0.182 e. The Bertz CT molecular complexity index is 723. The van der Waals surface area contributed by atoms with Crippen molar-refractivity contribution in [2.75, 3.05) is 30.5 Å². The van der Waals surface area contributed by atoms with Gasteiger partial charge in [-0.2, -0.15) is 0 Å². The molecule has 0 aliphatic rings. The fourth-order valence-corrected chi connectivity index (χ4v) is 3.21. The van der Waals surface area contributed by atoms with Crippen LogP contribution in [0.3, 0.4) is 0 Å². The van der Waals surface area contributed by atoms with Crippen LogP contribution in [0.25, 0.3) is 5.69 Å². The molecule has 1 aromatic heterocycles. The largest absolute Gasteiger partial charge is 0.382 e. The molecule has 7 heteroatoms. The lowest BCUT2D eigenvalue weighted by Crippen LogP contribution is -2.20. The Morgan fingerprint density at radius 1 is 1.29 bits per heavy atom. The number of hydrogen-bond acceptors (Lipinski definition) is 5. The van der Waals surface area contributed by atoms with Crippen molar-refractivity contribution < 1.29 is 8.42 Å². The first kappa shape index (κ1) is 15.4. The van der Waals surface area contributed by atoms with Crippen molar-refractivity contribution in [2.45, 2.75) is 18.2 Å². The Morgan fingerprint density at radius 2 is 1.90 bits per heavy atom. The molecule has 0 fully saturated rings. The molecule has 0 aliphatic heterocycles. The van der Waals surface area contributed by atoms with Crippen molar-refractivity contribution in [1.29, 1.82) is 0 Å². The fourth-order valence-electron chi connectivity index (χ4n) is 2.22. The molecular formula is C14H20N4O2S. The van der Waals surface area contributed by atoms with E-state index < -0.39 is 9.84 Å². The minimum atomic E-state index is -3.46. The average Bonchev–Trinajstić information content (AvgIpc) is 2.77. The lowest BCUT2D eigenvalue weighted by molar-refractivity contribution is 0.602. The summed E-state index contributed by atoms with van der Waals surface area (Å²) in [5.41, 5.74) is 6.78. The van der Waals surface area contributed by atoms with Crippen molar-refractivity contribution in [3.05, 3.63) is 30.3 Å². The second-order valence-corrected chi connectivity index (χ2v) is 6.93. The third-order valence-corrected chi connectivity index (χ3v) is 4.28. The van der Waals surface area contributed by atoms with Crippen LogP contribution in [0.5, 0.6) is 0 Å². The zero-order valence-electron chi connectivity index (χ0n) is 12.4. The van der Waals surface area contributed by atoms with Crippen LogP contribution < -0.4 is 10.6 Å². The summed E-state index contributed by atoms with van der Waals surface area (Å²) in [4.78, 5) is 1.90. The van der Waals surface area contributed by atoms with Gasteiger partial charge >= 0.3 is 0 Å². The van der Waals surface area contributed by atoms with Gasteiger partial charge in [0.2, 0.25) is 0 Å². The maximum atomic E-state index is 12.1. The van der Waals surface area contributed by atoms with Gasteiger partial charge in [-0.15, -0.1) is 5.10 Å². The highest BCUT2D eigenvalue weighted by Crippen LogP contribution is 2.31. The van der Waals surface area contributed by atoms with Gasteiger partial charge in [-0.1, -0.05) is 25.1 Å². The molecule has 21 heavy (non-hydrogen) atoms. The van der Waals surface area contributed by atoms with Gasteiger partial charge in [-0.05, 0) is 18.6 Å². The first-order valence-electron chi connectivity index (χ1n) is 6.71. The number of sulfone groups is 1. The molecular weight excluding hydrogens is 288 g/mol. The molecule has 0 saturated heterocycles. The monoisotopic (exact) mass is 308 g/mol. The van der Waals surface area contributed by atoms with E-state index in [-0.39, 0.29) is 10.7 Å². The summed E-state index contributed by atoms with van der Waals surface area (Å²) in [7, 11) is -1.65. The van der Waals surface area contributed by atoms with Gasteiger partial charge in [0.25, 0.3) is 0 Å². The average molecular weight is 308 g/mol. The Balaban J connectivity index is 2.66. The molecule has 2 rings (SSSR count). The minimum absolute atomic E-state index is 0.0855. The maximum absolute atomic E-state index is 12.1. The highest BCUT2D eigenvalue weighted by molar-refractivity contribution is 7.91. The van der Waals surface area contributed by atoms with Crippen LogP contribution in [0.4, 0.5) is 11.6 Å². The van der Waals surface area contributed by atoms with Gasteiger partial charge in [0.05, 0.1) is 5.69 Å². The van der Waals surface area contributed by atoms with Crippen LogP contribution in [-0.2, 0) is 9.84 Å². The van der Waals surface area contributed by atoms with Gasteiger partial charge in [0.1, 0.15) is 5.82 Å². The number of anilines is 2. The molecule has 0 atom stereocenters. The zero-order valence-corrected chi connectivity index (χ0v) is 13.3. The van der Waals surface area contributed by atoms with E-state index in [9.17, 15) is 8.42 Å². The molecule has 0 aliphatic carbocycles. The quantitative estimate of drug-likeness (QED) is 0.909. The van der Waals surface area contributed by atoms with Crippen LogP contribution in [0.15, 0.2) is 35.2 Å². The predicted octanol–water partition coefficient (Wildman–Crippen LogP) is 1.70. The van der Waals surface area contributed by atoms with E-state index in [1.807, 2.05) is 49.2 Å². The number of nitrogen functional groups attached to an aromatic ring is 1. The molecule has 0 radical (unpaired) electrons. The molecule has 0 bridgehead atoms. The van der Waals surface area contributed by atoms with Crippen LogP contribution >= 0.6 is 0 Å². The molecule has 2 aromatic rings. The van der Waals surface area contributed by atoms with Gasteiger partial charge in [-0.3, -0.25) is 0 Å². The SMILES string of the molecule is CCCN(C)c1nn(-c2ccccc2)c(N)c1S(C)(=O)=O. The number of nitrogens with two attached hydrogens (primary N) is 1. The minimum Gasteiger partial charge on any atom is -0.382 e. The third kappa shape index (κ3) is 3.02. The molecule has 6 nitrogen and oxygen atoms in total. The summed E-state index contributed by atoms with van der Waals surface area (Å²) in [6.07, 6.45) is 2.04. The number of benzene rings is 1. The first-order valence-corrected chi connectivity index (χ1v) is 8.60. The van der Waals surface area contributed by atoms with Gasteiger partial charge in [0, 0.05) is 19.8 Å². The van der Waals surface area contributed by atoms with Gasteiger partial charge in [-0.25, -0.2) is 13.1 Å². The lowest BCUT2D eigenvalue weighted by atomic mass is 10.3. The number of rotatable bonds is 5. The van der Waals surface area contributed by atoms with Crippen molar-refractivity contribution in [3.8, 4) is 5.69 Å². The van der Waals surface area contributed by atoms with E-state index in [0.717, 1.165) is 18.4 Å². The molecule has 0 spiro atoms. The van der Waals surface area contributed by atoms with E-state index in [1.54, 1.807) is 0 Å². The highest BCUT2D eigenvalue weighted by Gasteiger charge is 2.26. The van der Waals surface area contributed by atoms with Crippen LogP contribution in [0, 0.1) is 0 Å². The zero-order chi connectivity index (χ0) is 15.6. The number of para-hydroxylation sites is 1. The third-order valence-electron chi connectivity index (χ3n) is 3.15. The summed E-state index contributed by atoms with van der Waals surface area (Å²) in [6.45, 7) is 2.72. The second-order valence-electron chi connectivity index (χ2n) is 4.98.